The number of thiophene rings is 1. The fourth-order valence-corrected chi connectivity index (χ4v) is 5.34. The summed E-state index contributed by atoms with van der Waals surface area (Å²) in [6, 6.07) is 0. The summed E-state index contributed by atoms with van der Waals surface area (Å²) in [6.07, 6.45) is 5.47. The molecular weight excluding hydrogens is 316 g/mol. The van der Waals surface area contributed by atoms with Gasteiger partial charge in [0, 0.05) is 11.5 Å². The van der Waals surface area contributed by atoms with Gasteiger partial charge in [-0.15, -0.1) is 11.3 Å². The van der Waals surface area contributed by atoms with Crippen LogP contribution in [0.1, 0.15) is 36.6 Å². The van der Waals surface area contributed by atoms with Crippen LogP contribution < -0.4 is 5.56 Å². The maximum Gasteiger partial charge on any atom is 0.263 e. The standard InChI is InChI=1S/C16H20N2O2S2/c1-9-4-5-11-12(7-9)22-14-13(11)15(19)18(16(21)17-14)8-10-3-2-6-20-10/h9-10H,2-8H2,1H3,(H,17,21)/t9-,10-/m1/s1. The number of hydrogen-bond donors (Lipinski definition) is 1. The van der Waals surface area contributed by atoms with Crippen LogP contribution in [0.3, 0.4) is 0 Å². The Bertz CT molecular complexity index is 827. The molecule has 2 atom stereocenters. The summed E-state index contributed by atoms with van der Waals surface area (Å²) >= 11 is 7.14. The molecule has 1 N–H and O–H groups in total. The lowest BCUT2D eigenvalue weighted by Crippen LogP contribution is -2.28. The molecule has 0 saturated carbocycles. The average Bonchev–Trinajstić information content (AvgIpc) is 3.09. The summed E-state index contributed by atoms with van der Waals surface area (Å²) in [4.78, 5) is 18.6. The van der Waals surface area contributed by atoms with Crippen molar-refractivity contribution in [3.8, 4) is 0 Å². The molecule has 2 aromatic rings. The number of aromatic nitrogens is 2. The Labute approximate surface area is 138 Å². The molecule has 6 heteroatoms. The highest BCUT2D eigenvalue weighted by atomic mass is 32.1. The van der Waals surface area contributed by atoms with Gasteiger partial charge in [-0.25, -0.2) is 0 Å². The van der Waals surface area contributed by atoms with E-state index in [1.807, 2.05) is 0 Å². The second-order valence-corrected chi connectivity index (χ2v) is 8.03. The number of nitrogens with one attached hydrogen (secondary N) is 1. The van der Waals surface area contributed by atoms with Gasteiger partial charge in [0.1, 0.15) is 4.83 Å². The van der Waals surface area contributed by atoms with E-state index >= 15 is 0 Å². The zero-order valence-electron chi connectivity index (χ0n) is 12.7. The second-order valence-electron chi connectivity index (χ2n) is 6.54. The molecule has 1 saturated heterocycles. The van der Waals surface area contributed by atoms with Gasteiger partial charge >= 0.3 is 0 Å². The minimum atomic E-state index is 0.0707. The maximum atomic E-state index is 13.0. The molecule has 0 radical (unpaired) electrons. The monoisotopic (exact) mass is 336 g/mol. The van der Waals surface area contributed by atoms with Crippen LogP contribution in [0.4, 0.5) is 0 Å². The van der Waals surface area contributed by atoms with E-state index in [0.29, 0.717) is 17.2 Å². The van der Waals surface area contributed by atoms with Gasteiger partial charge < -0.3 is 9.72 Å². The quantitative estimate of drug-likeness (QED) is 0.855. The van der Waals surface area contributed by atoms with E-state index in [2.05, 4.69) is 11.9 Å². The van der Waals surface area contributed by atoms with Crippen LogP contribution in [0.5, 0.6) is 0 Å². The lowest BCUT2D eigenvalue weighted by molar-refractivity contribution is 0.0957. The summed E-state index contributed by atoms with van der Waals surface area (Å²) in [5.74, 6) is 0.706. The number of aryl methyl sites for hydroxylation is 1. The van der Waals surface area contributed by atoms with Crippen LogP contribution in [0.2, 0.25) is 0 Å². The lowest BCUT2D eigenvalue weighted by atomic mass is 9.89. The highest BCUT2D eigenvalue weighted by Crippen LogP contribution is 2.35. The molecule has 2 aromatic heterocycles. The first-order valence-corrected chi connectivity index (χ1v) is 9.25. The van der Waals surface area contributed by atoms with Crippen LogP contribution in [-0.4, -0.2) is 22.3 Å². The molecule has 0 aromatic carbocycles. The molecule has 0 unspecified atom stereocenters. The summed E-state index contributed by atoms with van der Waals surface area (Å²) in [6.45, 7) is 3.65. The number of ether oxygens (including phenoxy) is 1. The molecule has 0 spiro atoms. The summed E-state index contributed by atoms with van der Waals surface area (Å²) in [7, 11) is 0. The molecular formula is C16H20N2O2S2. The zero-order valence-corrected chi connectivity index (χ0v) is 14.3. The SMILES string of the molecule is C[C@@H]1CCc2c(sc3[nH]c(=S)n(C[C@H]4CCCO4)c(=O)c23)C1. The molecule has 2 aliphatic rings. The van der Waals surface area contributed by atoms with E-state index < -0.39 is 0 Å². The van der Waals surface area contributed by atoms with Crippen molar-refractivity contribution in [3.05, 3.63) is 25.6 Å². The molecule has 0 bridgehead atoms. The Kier molecular flexibility index (Phi) is 3.71. The molecule has 1 fully saturated rings. The lowest BCUT2D eigenvalue weighted by Gasteiger charge is -2.17. The summed E-state index contributed by atoms with van der Waals surface area (Å²) in [5.41, 5.74) is 1.33. The van der Waals surface area contributed by atoms with Crippen molar-refractivity contribution in [1.29, 1.82) is 0 Å². The number of aromatic amines is 1. The van der Waals surface area contributed by atoms with Gasteiger partial charge in [0.05, 0.1) is 18.0 Å². The largest absolute Gasteiger partial charge is 0.376 e. The van der Waals surface area contributed by atoms with Crippen molar-refractivity contribution in [3.63, 3.8) is 0 Å². The van der Waals surface area contributed by atoms with E-state index in [1.54, 1.807) is 15.9 Å². The first kappa shape index (κ1) is 14.6. The maximum absolute atomic E-state index is 13.0. The number of rotatable bonds is 2. The van der Waals surface area contributed by atoms with E-state index in [9.17, 15) is 4.79 Å². The molecule has 4 nitrogen and oxygen atoms in total. The van der Waals surface area contributed by atoms with Crippen LogP contribution in [-0.2, 0) is 24.1 Å². The Balaban J connectivity index is 1.85. The Morgan fingerprint density at radius 2 is 2.32 bits per heavy atom. The Hall–Kier alpha value is -0.980. The van der Waals surface area contributed by atoms with Gasteiger partial charge in [-0.3, -0.25) is 9.36 Å². The van der Waals surface area contributed by atoms with Crippen molar-refractivity contribution in [2.75, 3.05) is 6.61 Å². The highest BCUT2D eigenvalue weighted by molar-refractivity contribution is 7.71. The van der Waals surface area contributed by atoms with Crippen molar-refractivity contribution >= 4 is 33.8 Å². The van der Waals surface area contributed by atoms with E-state index in [4.69, 9.17) is 17.0 Å². The Morgan fingerprint density at radius 3 is 3.09 bits per heavy atom. The van der Waals surface area contributed by atoms with Gasteiger partial charge in [-0.1, -0.05) is 6.92 Å². The van der Waals surface area contributed by atoms with Gasteiger partial charge in [0.25, 0.3) is 5.56 Å². The molecule has 22 heavy (non-hydrogen) atoms. The molecule has 1 aliphatic heterocycles. The molecule has 1 aliphatic carbocycles. The van der Waals surface area contributed by atoms with E-state index in [1.165, 1.54) is 16.9 Å². The topological polar surface area (TPSA) is 47.0 Å². The van der Waals surface area contributed by atoms with Crippen LogP contribution >= 0.6 is 23.6 Å². The minimum Gasteiger partial charge on any atom is -0.376 e. The van der Waals surface area contributed by atoms with Gasteiger partial charge in [0.15, 0.2) is 4.77 Å². The number of H-pyrrole nitrogens is 1. The van der Waals surface area contributed by atoms with Gasteiger partial charge in [-0.05, 0) is 55.8 Å². The van der Waals surface area contributed by atoms with Crippen LogP contribution in [0, 0.1) is 10.7 Å². The van der Waals surface area contributed by atoms with Gasteiger partial charge in [-0.2, -0.15) is 0 Å². The number of nitrogens with zero attached hydrogens (tertiary/aromatic N) is 1. The fourth-order valence-electron chi connectivity index (χ4n) is 3.61. The second kappa shape index (κ2) is 5.58. The molecule has 0 amide bonds. The predicted octanol–water partition coefficient (Wildman–Crippen LogP) is 3.42. The van der Waals surface area contributed by atoms with Crippen molar-refractivity contribution in [2.24, 2.45) is 5.92 Å². The van der Waals surface area contributed by atoms with E-state index in [0.717, 1.165) is 42.5 Å². The fraction of sp³-hybridized carbons (Fsp3) is 0.625. The molecule has 3 heterocycles. The molecule has 4 rings (SSSR count). The van der Waals surface area contributed by atoms with Crippen molar-refractivity contribution in [2.45, 2.75) is 51.7 Å². The van der Waals surface area contributed by atoms with Gasteiger partial charge in [0.2, 0.25) is 0 Å². The van der Waals surface area contributed by atoms with E-state index in [-0.39, 0.29) is 11.7 Å². The third-order valence-electron chi connectivity index (χ3n) is 4.85. The van der Waals surface area contributed by atoms with Crippen molar-refractivity contribution < 1.29 is 4.74 Å². The first-order chi connectivity index (χ1) is 10.6. The molecule has 118 valence electrons. The summed E-state index contributed by atoms with van der Waals surface area (Å²) in [5, 5.41) is 0.874. The summed E-state index contributed by atoms with van der Waals surface area (Å²) < 4.78 is 7.90. The Morgan fingerprint density at radius 1 is 1.45 bits per heavy atom. The van der Waals surface area contributed by atoms with Crippen molar-refractivity contribution in [1.82, 2.24) is 9.55 Å². The third kappa shape index (κ3) is 2.37. The zero-order chi connectivity index (χ0) is 15.3. The minimum absolute atomic E-state index is 0.0707. The normalized spacial score (nSPS) is 24.8. The van der Waals surface area contributed by atoms with Crippen LogP contribution in [0.15, 0.2) is 4.79 Å². The van der Waals surface area contributed by atoms with Crippen LogP contribution in [0.25, 0.3) is 10.2 Å². The number of hydrogen-bond acceptors (Lipinski definition) is 4. The number of fused-ring (bicyclic) bond motifs is 3. The highest BCUT2D eigenvalue weighted by Gasteiger charge is 2.24. The smallest absolute Gasteiger partial charge is 0.263 e. The average molecular weight is 336 g/mol. The first-order valence-electron chi connectivity index (χ1n) is 8.02. The predicted molar refractivity (Wildman–Crippen MR) is 91.4 cm³/mol. The third-order valence-corrected chi connectivity index (χ3v) is 6.34.